The van der Waals surface area contributed by atoms with Gasteiger partial charge in [0.2, 0.25) is 5.67 Å². The second-order valence-electron chi connectivity index (χ2n) is 4.93. The molecule has 0 radical (unpaired) electrons. The van der Waals surface area contributed by atoms with Gasteiger partial charge >= 0.3 is 0 Å². The van der Waals surface area contributed by atoms with E-state index in [9.17, 15) is 9.18 Å². The fourth-order valence-electron chi connectivity index (χ4n) is 2.58. The van der Waals surface area contributed by atoms with E-state index in [0.29, 0.717) is 13.2 Å². The molecule has 0 aromatic carbocycles. The van der Waals surface area contributed by atoms with Gasteiger partial charge in [-0.1, -0.05) is 0 Å². The van der Waals surface area contributed by atoms with Gasteiger partial charge in [-0.3, -0.25) is 4.79 Å². The number of halogens is 2. The summed E-state index contributed by atoms with van der Waals surface area (Å²) < 4.78 is 20.3. The normalized spacial score (nSPS) is 26.3. The number of carbonyl (C=O) groups is 1. The van der Waals surface area contributed by atoms with E-state index in [4.69, 9.17) is 4.74 Å². The zero-order chi connectivity index (χ0) is 13.5. The first kappa shape index (κ1) is 13.0. The van der Waals surface area contributed by atoms with Crippen LogP contribution in [0.25, 0.3) is 0 Å². The lowest BCUT2D eigenvalue weighted by Crippen LogP contribution is -2.48. The number of hydrogen-bond acceptors (Lipinski definition) is 3. The summed E-state index contributed by atoms with van der Waals surface area (Å²) in [6.45, 7) is 0.712. The number of pyridine rings is 1. The van der Waals surface area contributed by atoms with Crippen molar-refractivity contribution < 1.29 is 13.9 Å². The molecule has 0 bridgehead atoms. The van der Waals surface area contributed by atoms with E-state index in [0.717, 1.165) is 28.8 Å². The van der Waals surface area contributed by atoms with Crippen LogP contribution < -0.4 is 4.90 Å². The lowest BCUT2D eigenvalue weighted by Gasteiger charge is -2.32. The largest absolute Gasteiger partial charge is 0.377 e. The van der Waals surface area contributed by atoms with Crippen molar-refractivity contribution in [2.75, 3.05) is 24.7 Å². The standard InChI is InChI=1S/C13H14BrFN2O2/c14-11-4-3-10-9(16-11)2-1-6-17(10)12(18)13(15)5-7-19-8-13/h3-4H,1-2,5-8H2. The molecule has 2 aliphatic heterocycles. The average molecular weight is 329 g/mol. The third kappa shape index (κ3) is 2.27. The molecule has 1 fully saturated rings. The minimum absolute atomic E-state index is 0.137. The first-order valence-corrected chi connectivity index (χ1v) is 7.13. The van der Waals surface area contributed by atoms with Crippen LogP contribution in [0.1, 0.15) is 18.5 Å². The summed E-state index contributed by atoms with van der Waals surface area (Å²) in [5, 5.41) is 0. The van der Waals surface area contributed by atoms with Crippen molar-refractivity contribution in [1.82, 2.24) is 4.98 Å². The maximum Gasteiger partial charge on any atom is 0.267 e. The molecule has 1 atom stereocenters. The fourth-order valence-corrected chi connectivity index (χ4v) is 2.93. The highest BCUT2D eigenvalue weighted by molar-refractivity contribution is 9.10. The molecule has 2 aliphatic rings. The van der Waals surface area contributed by atoms with Crippen LogP contribution in [0.15, 0.2) is 16.7 Å². The Hall–Kier alpha value is -1.01. The number of aryl methyl sites for hydroxylation is 1. The van der Waals surface area contributed by atoms with E-state index >= 15 is 0 Å². The molecule has 0 saturated carbocycles. The van der Waals surface area contributed by atoms with Gasteiger partial charge in [0, 0.05) is 13.0 Å². The molecule has 0 N–H and O–H groups in total. The van der Waals surface area contributed by atoms with Crippen LogP contribution in [-0.2, 0) is 16.0 Å². The number of aromatic nitrogens is 1. The van der Waals surface area contributed by atoms with Gasteiger partial charge < -0.3 is 9.64 Å². The van der Waals surface area contributed by atoms with Gasteiger partial charge in [0.15, 0.2) is 0 Å². The van der Waals surface area contributed by atoms with Crippen molar-refractivity contribution >= 4 is 27.5 Å². The summed E-state index contributed by atoms with van der Waals surface area (Å²) in [5.74, 6) is -0.491. The van der Waals surface area contributed by atoms with E-state index < -0.39 is 11.6 Å². The van der Waals surface area contributed by atoms with Crippen molar-refractivity contribution in [3.05, 3.63) is 22.4 Å². The van der Waals surface area contributed by atoms with Crippen LogP contribution in [0, 0.1) is 0 Å². The van der Waals surface area contributed by atoms with Crippen molar-refractivity contribution in [1.29, 1.82) is 0 Å². The summed E-state index contributed by atoms with van der Waals surface area (Å²) >= 11 is 3.32. The lowest BCUT2D eigenvalue weighted by molar-refractivity contribution is -0.130. The van der Waals surface area contributed by atoms with E-state index in [-0.39, 0.29) is 13.0 Å². The summed E-state index contributed by atoms with van der Waals surface area (Å²) in [7, 11) is 0. The zero-order valence-corrected chi connectivity index (χ0v) is 12.0. The number of ether oxygens (including phenoxy) is 1. The number of amides is 1. The van der Waals surface area contributed by atoms with Crippen LogP contribution >= 0.6 is 15.9 Å². The molecule has 0 aliphatic carbocycles. The Kier molecular flexibility index (Phi) is 3.30. The van der Waals surface area contributed by atoms with Crippen LogP contribution in [0.2, 0.25) is 0 Å². The minimum atomic E-state index is -1.87. The van der Waals surface area contributed by atoms with Gasteiger partial charge in [-0.25, -0.2) is 9.37 Å². The topological polar surface area (TPSA) is 42.4 Å². The molecule has 1 aromatic heterocycles. The van der Waals surface area contributed by atoms with Crippen LogP contribution in [0.5, 0.6) is 0 Å². The van der Waals surface area contributed by atoms with E-state index in [1.165, 1.54) is 4.90 Å². The van der Waals surface area contributed by atoms with E-state index in [1.807, 2.05) is 6.07 Å². The second-order valence-corrected chi connectivity index (χ2v) is 5.74. The Morgan fingerprint density at radius 1 is 1.53 bits per heavy atom. The molecule has 3 heterocycles. The molecule has 102 valence electrons. The van der Waals surface area contributed by atoms with Gasteiger partial charge in [-0.05, 0) is 40.9 Å². The number of nitrogens with zero attached hydrogens (tertiary/aromatic N) is 2. The average Bonchev–Trinajstić information content (AvgIpc) is 2.85. The molecule has 1 amide bonds. The Morgan fingerprint density at radius 3 is 3.11 bits per heavy atom. The Labute approximate surface area is 119 Å². The molecule has 3 rings (SSSR count). The fraction of sp³-hybridized carbons (Fsp3) is 0.538. The van der Waals surface area contributed by atoms with Crippen LogP contribution in [-0.4, -0.2) is 36.3 Å². The number of hydrogen-bond donors (Lipinski definition) is 0. The number of carbonyl (C=O) groups excluding carboxylic acids is 1. The third-order valence-electron chi connectivity index (χ3n) is 3.60. The van der Waals surface area contributed by atoms with Gasteiger partial charge in [-0.15, -0.1) is 0 Å². The molecule has 4 nitrogen and oxygen atoms in total. The van der Waals surface area contributed by atoms with Gasteiger partial charge in [-0.2, -0.15) is 0 Å². The number of anilines is 1. The Morgan fingerprint density at radius 2 is 2.37 bits per heavy atom. The summed E-state index contributed by atoms with van der Waals surface area (Å²) in [6, 6.07) is 3.60. The predicted molar refractivity (Wildman–Crippen MR) is 71.9 cm³/mol. The highest BCUT2D eigenvalue weighted by Crippen LogP contribution is 2.33. The van der Waals surface area contributed by atoms with Gasteiger partial charge in [0.05, 0.1) is 24.6 Å². The lowest BCUT2D eigenvalue weighted by atomic mass is 10.0. The first-order valence-electron chi connectivity index (χ1n) is 6.34. The monoisotopic (exact) mass is 328 g/mol. The Balaban J connectivity index is 1.93. The molecular formula is C13H14BrFN2O2. The number of fused-ring (bicyclic) bond motifs is 1. The molecule has 1 saturated heterocycles. The Bertz CT molecular complexity index is 517. The van der Waals surface area contributed by atoms with E-state index in [1.54, 1.807) is 6.07 Å². The maximum atomic E-state index is 14.5. The van der Waals surface area contributed by atoms with Crippen molar-refractivity contribution in [3.8, 4) is 0 Å². The van der Waals surface area contributed by atoms with Crippen molar-refractivity contribution in [3.63, 3.8) is 0 Å². The number of alkyl halides is 1. The number of rotatable bonds is 1. The molecule has 1 aromatic rings. The van der Waals surface area contributed by atoms with Gasteiger partial charge in [0.25, 0.3) is 5.91 Å². The third-order valence-corrected chi connectivity index (χ3v) is 4.05. The summed E-state index contributed by atoms with van der Waals surface area (Å²) in [4.78, 5) is 18.3. The highest BCUT2D eigenvalue weighted by Gasteiger charge is 2.46. The maximum absolute atomic E-state index is 14.5. The van der Waals surface area contributed by atoms with Crippen LogP contribution in [0.4, 0.5) is 10.1 Å². The zero-order valence-electron chi connectivity index (χ0n) is 10.4. The summed E-state index contributed by atoms with van der Waals surface area (Å²) in [5.41, 5.74) is -0.304. The first-order chi connectivity index (χ1) is 9.10. The van der Waals surface area contributed by atoms with Crippen molar-refractivity contribution in [2.45, 2.75) is 24.9 Å². The van der Waals surface area contributed by atoms with Crippen molar-refractivity contribution in [2.24, 2.45) is 0 Å². The quantitative estimate of drug-likeness (QED) is 0.742. The molecule has 6 heteroatoms. The molecule has 1 unspecified atom stereocenters. The second kappa shape index (κ2) is 4.83. The minimum Gasteiger partial charge on any atom is -0.377 e. The predicted octanol–water partition coefficient (Wildman–Crippen LogP) is 2.25. The molecular weight excluding hydrogens is 315 g/mol. The molecule has 19 heavy (non-hydrogen) atoms. The van der Waals surface area contributed by atoms with Gasteiger partial charge in [0.1, 0.15) is 4.60 Å². The smallest absolute Gasteiger partial charge is 0.267 e. The van der Waals surface area contributed by atoms with E-state index in [2.05, 4.69) is 20.9 Å². The highest BCUT2D eigenvalue weighted by atomic mass is 79.9. The summed E-state index contributed by atoms with van der Waals surface area (Å²) in [6.07, 6.45) is 1.76. The SMILES string of the molecule is O=C(N1CCCc2nc(Br)ccc21)C1(F)CCOC1. The van der Waals surface area contributed by atoms with Crippen LogP contribution in [0.3, 0.4) is 0 Å². The molecule has 0 spiro atoms.